The second kappa shape index (κ2) is 38.4. The lowest BCUT2D eigenvalue weighted by Crippen LogP contribution is -2.65. The van der Waals surface area contributed by atoms with Gasteiger partial charge in [-0.3, -0.25) is 38.4 Å². The molecule has 31 nitrogen and oxygen atoms in total. The number of ketones is 4. The van der Waals surface area contributed by atoms with Crippen LogP contribution in [0.5, 0.6) is 46.0 Å². The Morgan fingerprint density at radius 3 is 1.88 bits per heavy atom. The number of hydrogen-bond donors (Lipinski definition) is 15. The van der Waals surface area contributed by atoms with Gasteiger partial charge in [0.2, 0.25) is 29.8 Å². The summed E-state index contributed by atoms with van der Waals surface area (Å²) >= 11 is 20.9. The van der Waals surface area contributed by atoms with E-state index in [-0.39, 0.29) is 81.1 Å². The van der Waals surface area contributed by atoms with Crippen LogP contribution < -0.4 is 41.6 Å². The number of aliphatic hydroxyl groups is 6. The van der Waals surface area contributed by atoms with Gasteiger partial charge in [0, 0.05) is 96.6 Å². The number of aliphatic hydroxyl groups excluding tert-OH is 6. The molecule has 7 aromatic rings. The summed E-state index contributed by atoms with van der Waals surface area (Å²) in [4.78, 5) is 122. The number of ether oxygens (including phenoxy) is 8. The van der Waals surface area contributed by atoms with Crippen LogP contribution in [0.2, 0.25) is 15.1 Å². The zero-order valence-corrected chi connectivity index (χ0v) is 71.6. The van der Waals surface area contributed by atoms with E-state index in [1.54, 1.807) is 32.9 Å². The summed E-state index contributed by atoms with van der Waals surface area (Å²) in [6.07, 6.45) is -25.6. The number of hydrogen-bond acceptors (Lipinski definition) is 27. The fourth-order valence-electron chi connectivity index (χ4n) is 17.5. The van der Waals surface area contributed by atoms with Gasteiger partial charge in [0.15, 0.2) is 41.7 Å². The quantitative estimate of drug-likeness (QED) is 0.0358. The number of nitrogens with one attached hydrogen (secondary N) is 3. The summed E-state index contributed by atoms with van der Waals surface area (Å²) in [5.74, 6) is -21.7. The number of carbonyl (C=O) groups excluding carboxylic acids is 7. The summed E-state index contributed by atoms with van der Waals surface area (Å²) in [6.45, 7) is 11.1. The van der Waals surface area contributed by atoms with Crippen LogP contribution >= 0.6 is 34.8 Å². The predicted octanol–water partition coefficient (Wildman–Crippen LogP) is 9.89. The van der Waals surface area contributed by atoms with Crippen LogP contribution in [0.3, 0.4) is 0 Å². The van der Waals surface area contributed by atoms with Crippen LogP contribution in [0.4, 0.5) is 0 Å². The maximum atomic E-state index is 16.7. The summed E-state index contributed by atoms with van der Waals surface area (Å²) in [7, 11) is 0. The third-order valence-electron chi connectivity index (χ3n) is 24.4. The average molecular weight is 1790 g/mol. The first-order valence-electron chi connectivity index (χ1n) is 41.3. The van der Waals surface area contributed by atoms with Crippen LogP contribution in [0.1, 0.15) is 170 Å². The van der Waals surface area contributed by atoms with Gasteiger partial charge in [0.1, 0.15) is 76.8 Å². The third kappa shape index (κ3) is 20.5. The smallest absolute Gasteiger partial charge is 0.311 e. The van der Waals surface area contributed by atoms with Gasteiger partial charge in [-0.05, 0) is 158 Å². The molecule has 0 unspecified atom stereocenters. The molecule has 668 valence electrons. The highest BCUT2D eigenvalue weighted by atomic mass is 35.5. The summed E-state index contributed by atoms with van der Waals surface area (Å²) < 4.78 is 53.3. The fourth-order valence-corrected chi connectivity index (χ4v) is 18.0. The lowest BCUT2D eigenvalue weighted by molar-refractivity contribution is -0.334. The topological polar surface area (TPSA) is 501 Å². The predicted molar refractivity (Wildman–Crippen MR) is 452 cm³/mol. The van der Waals surface area contributed by atoms with Gasteiger partial charge < -0.3 is 116 Å². The Morgan fingerprint density at radius 1 is 0.656 bits per heavy atom. The molecule has 15 rings (SSSR count). The average Bonchev–Trinajstić information content (AvgIpc) is 0.762. The number of aliphatic carboxylic acids is 1. The number of carboxylic acids is 1. The van der Waals surface area contributed by atoms with Gasteiger partial charge >= 0.3 is 5.97 Å². The molecule has 11 bridgehead atoms. The number of carboxylic acid groups (broad SMARTS) is 1. The number of primary amides is 1. The zero-order valence-electron chi connectivity index (χ0n) is 69.3. The SMILES string of the molecule is CC[C@H](CC(C)C)C(=O)N[C@H]1C(=O)C[C@@H](CC(N)=O)C(=O)N[C@H]2C(=O)C[C@H]3C(=O)C[C@H](C(=O)C[C@H](C(=O)O)c4cc(O)cc(O)c4-c4cc3ccc4O)[C@H](O[C@H]3C[C@](C)(N)[C@@H](O)[C@H](C)O3)c3ccc(c(Cl)c3)Oc3cc2cc(c3O[C@@H]2O[C@H](CO)[C@@H](O)[C@H](O)[C@H]2O[C@H]2C[C@](C)(NCc3ccc(-c4ccc(Cl)cc4)cc3)[C@@H](O)[C@H](C)O2)Oc2ccc(cc2Cl)[C@H]1O. The number of amides is 3. The molecule has 3 amide bonds. The van der Waals surface area contributed by atoms with Crippen LogP contribution in [-0.4, -0.2) is 189 Å². The van der Waals surface area contributed by atoms with Crippen LogP contribution in [-0.2, 0) is 68.6 Å². The summed E-state index contributed by atoms with van der Waals surface area (Å²) in [5.41, 5.74) is 10.8. The molecule has 34 heteroatoms. The molecule has 22 atom stereocenters. The van der Waals surface area contributed by atoms with Gasteiger partial charge in [0.05, 0.1) is 64.9 Å². The van der Waals surface area contributed by atoms with Crippen molar-refractivity contribution >= 4 is 81.6 Å². The lowest BCUT2D eigenvalue weighted by atomic mass is 9.76. The van der Waals surface area contributed by atoms with Crippen molar-refractivity contribution in [2.45, 2.75) is 228 Å². The monoisotopic (exact) mass is 1790 g/mol. The van der Waals surface area contributed by atoms with Crippen molar-refractivity contribution in [1.29, 1.82) is 0 Å². The number of benzene rings is 7. The highest BCUT2D eigenvalue weighted by Crippen LogP contribution is 2.53. The van der Waals surface area contributed by atoms with E-state index in [1.165, 1.54) is 62.4 Å². The molecule has 3 saturated heterocycles. The molecule has 125 heavy (non-hydrogen) atoms. The number of aromatic hydroxyl groups is 3. The zero-order chi connectivity index (χ0) is 90.3. The van der Waals surface area contributed by atoms with Crippen molar-refractivity contribution in [2.24, 2.45) is 35.1 Å². The number of phenols is 3. The maximum absolute atomic E-state index is 16.7. The van der Waals surface area contributed by atoms with E-state index in [0.29, 0.717) is 11.4 Å². The van der Waals surface area contributed by atoms with E-state index in [1.807, 2.05) is 50.2 Å². The van der Waals surface area contributed by atoms with Gasteiger partial charge in [-0.15, -0.1) is 0 Å². The highest BCUT2D eigenvalue weighted by molar-refractivity contribution is 6.32. The second-order valence-corrected chi connectivity index (χ2v) is 35.4. The second-order valence-electron chi connectivity index (χ2n) is 34.1. The van der Waals surface area contributed by atoms with Crippen LogP contribution in [0.15, 0.2) is 127 Å². The molecule has 8 aliphatic rings. The minimum Gasteiger partial charge on any atom is -0.508 e. The molecule has 7 heterocycles. The molecule has 0 aromatic heterocycles. The molecule has 3 fully saturated rings. The molecule has 0 radical (unpaired) electrons. The normalized spacial score (nSPS) is 30.0. The molecule has 0 spiro atoms. The van der Waals surface area contributed by atoms with E-state index in [2.05, 4.69) is 16.0 Å². The Labute approximate surface area is 734 Å². The molecular weight excluding hydrogens is 1690 g/mol. The molecule has 1 aliphatic carbocycles. The van der Waals surface area contributed by atoms with E-state index in [9.17, 15) is 65.4 Å². The Hall–Kier alpha value is -9.75. The number of Topliss-reactive ketones (excluding diaryl/α,β-unsaturated/α-hetero) is 4. The van der Waals surface area contributed by atoms with E-state index < -0.39 is 264 Å². The number of nitrogens with two attached hydrogens (primary N) is 2. The Balaban J connectivity index is 1.02. The Kier molecular flexibility index (Phi) is 28.6. The van der Waals surface area contributed by atoms with Crippen molar-refractivity contribution in [3.05, 3.63) is 176 Å². The van der Waals surface area contributed by atoms with Crippen molar-refractivity contribution < 1.29 is 127 Å². The number of halogens is 3. The van der Waals surface area contributed by atoms with Gasteiger partial charge in [-0.25, -0.2) is 0 Å². The van der Waals surface area contributed by atoms with Gasteiger partial charge in [-0.1, -0.05) is 110 Å². The van der Waals surface area contributed by atoms with E-state index in [0.717, 1.165) is 47.0 Å². The van der Waals surface area contributed by atoms with E-state index in [4.69, 9.17) is 84.2 Å². The number of carbonyl (C=O) groups is 8. The fraction of sp³-hybridized carbons (Fsp3) is 0.451. The summed E-state index contributed by atoms with van der Waals surface area (Å²) in [6, 6.07) is 26.2. The van der Waals surface area contributed by atoms with Crippen molar-refractivity contribution in [1.82, 2.24) is 16.0 Å². The van der Waals surface area contributed by atoms with E-state index >= 15 is 24.0 Å². The van der Waals surface area contributed by atoms with Crippen LogP contribution in [0.25, 0.3) is 22.3 Å². The first-order valence-corrected chi connectivity index (χ1v) is 42.4. The Bertz CT molecular complexity index is 5230. The standard InChI is InChI=1S/C91H102Cl3N5O26/c1-8-44(23-40(2)3)86(114)99-77-65(106)27-51(30-72(95)108)87(115)98-76-50-28-69(120-67-21-16-48(78(77)109)25-59(67)93)82(125-89-83(80(111)79(110)71(39-100)122-89)124-74-37-91(7,85(113)42(5)119-74)97-38-43-9-11-45(12-10-43)46-13-18-52(92)19-14-46)70(29-50)121-68-22-17-49(26-60(68)94)81(123-73-36-90(6,96)84(112)41(4)118-73)58-35-62(103)54(33-66(76)107)47-15-20-61(102)57(24-47)75-55(31-53(101)32-64(75)105)56(88(116)117)34-63(58)104/h9-22,24-26,28-29,31-32,40-42,44,51,54,56,58,71,73-74,76-81,83-85,89,97,100-102,105,109-113H,8,23,27,30,33-39,96H2,1-7H3,(H2,95,108)(H,98,115)(H,99,114)(H,116,117)/t41-,42-,44+,51-,54+,56-,58+,71+,73-,74-,76+,77-,78+,79+,80-,81+,83+,84-,85-,89-,90-,91-/m0/s1. The maximum Gasteiger partial charge on any atom is 0.311 e. The largest absolute Gasteiger partial charge is 0.508 e. The summed E-state index contributed by atoms with van der Waals surface area (Å²) in [5, 5.41) is 126. The van der Waals surface area contributed by atoms with Crippen molar-refractivity contribution in [2.75, 3.05) is 6.61 Å². The number of fused-ring (bicyclic) bond motifs is 15. The Morgan fingerprint density at radius 2 is 1.27 bits per heavy atom. The molecule has 17 N–H and O–H groups in total. The minimum absolute atomic E-state index is 0.0292. The minimum atomic E-state index is -2.20. The lowest BCUT2D eigenvalue weighted by Gasteiger charge is -2.48. The first-order chi connectivity index (χ1) is 59.2. The molecule has 0 saturated carbocycles. The highest BCUT2D eigenvalue weighted by Gasteiger charge is 2.53. The molecular formula is C91H102Cl3N5O26. The first kappa shape index (κ1) is 92.9. The molecule has 7 aliphatic heterocycles. The van der Waals surface area contributed by atoms with Gasteiger partial charge in [-0.2, -0.15) is 0 Å². The molecule has 7 aromatic carbocycles. The van der Waals surface area contributed by atoms with Crippen LogP contribution in [0, 0.1) is 23.7 Å². The third-order valence-corrected chi connectivity index (χ3v) is 25.2. The van der Waals surface area contributed by atoms with Crippen molar-refractivity contribution in [3.63, 3.8) is 0 Å². The number of phenolic OH excluding ortho intramolecular Hbond substituents is 3. The van der Waals surface area contributed by atoms with Crippen molar-refractivity contribution in [3.8, 4) is 68.2 Å². The van der Waals surface area contributed by atoms with Gasteiger partial charge in [0.25, 0.3) is 0 Å². The number of rotatable bonds is 19.